The van der Waals surface area contributed by atoms with Crippen molar-refractivity contribution in [2.75, 3.05) is 20.0 Å². The quantitative estimate of drug-likeness (QED) is 0.492. The molecule has 0 saturated heterocycles. The van der Waals surface area contributed by atoms with Crippen molar-refractivity contribution in [1.29, 1.82) is 0 Å². The largest absolute Gasteiger partial charge is 0.493 e. The molecular formula is C18H19BrO4S. The third-order valence-corrected chi connectivity index (χ3v) is 4.92. The van der Waals surface area contributed by atoms with Crippen molar-refractivity contribution in [1.82, 2.24) is 0 Å². The first-order chi connectivity index (χ1) is 11.5. The van der Waals surface area contributed by atoms with Gasteiger partial charge in [-0.15, -0.1) is 11.8 Å². The number of thioether (sulfide) groups is 1. The summed E-state index contributed by atoms with van der Waals surface area (Å²) in [5, 5.41) is 0. The Labute approximate surface area is 154 Å². The number of hydrogen-bond donors (Lipinski definition) is 0. The van der Waals surface area contributed by atoms with Crippen LogP contribution in [0.25, 0.3) is 0 Å². The van der Waals surface area contributed by atoms with Gasteiger partial charge in [-0.1, -0.05) is 15.9 Å². The van der Waals surface area contributed by atoms with Crippen molar-refractivity contribution in [3.8, 4) is 11.5 Å². The molecule has 0 saturated carbocycles. The van der Waals surface area contributed by atoms with Crippen LogP contribution in [0.15, 0.2) is 45.8 Å². The molecular weight excluding hydrogens is 392 g/mol. The average molecular weight is 411 g/mol. The maximum Gasteiger partial charge on any atom is 0.316 e. The van der Waals surface area contributed by atoms with Gasteiger partial charge in [0.05, 0.1) is 20.0 Å². The van der Waals surface area contributed by atoms with Crippen LogP contribution < -0.4 is 9.47 Å². The van der Waals surface area contributed by atoms with Crippen LogP contribution in [0.1, 0.15) is 11.1 Å². The average Bonchev–Trinajstić information content (AvgIpc) is 2.59. The van der Waals surface area contributed by atoms with E-state index in [9.17, 15) is 4.79 Å². The number of carbonyl (C=O) groups is 1. The lowest BCUT2D eigenvalue weighted by Gasteiger charge is -2.13. The first kappa shape index (κ1) is 18.7. The Morgan fingerprint density at radius 1 is 1.08 bits per heavy atom. The lowest BCUT2D eigenvalue weighted by molar-refractivity contribution is -0.141. The highest BCUT2D eigenvalue weighted by Gasteiger charge is 2.11. The molecule has 0 radical (unpaired) electrons. The molecule has 4 nitrogen and oxygen atoms in total. The summed E-state index contributed by atoms with van der Waals surface area (Å²) in [6.45, 7) is 2.16. The number of carbonyl (C=O) groups excluding carboxylic acids is 1. The first-order valence-electron chi connectivity index (χ1n) is 7.29. The Hall–Kier alpha value is -1.66. The van der Waals surface area contributed by atoms with Crippen molar-refractivity contribution in [2.24, 2.45) is 0 Å². The van der Waals surface area contributed by atoms with Crippen LogP contribution in [-0.4, -0.2) is 25.9 Å². The highest BCUT2D eigenvalue weighted by Crippen LogP contribution is 2.30. The third-order valence-electron chi connectivity index (χ3n) is 3.40. The Morgan fingerprint density at radius 3 is 2.33 bits per heavy atom. The molecule has 0 aliphatic rings. The predicted molar refractivity (Wildman–Crippen MR) is 98.9 cm³/mol. The zero-order chi connectivity index (χ0) is 17.5. The van der Waals surface area contributed by atoms with E-state index in [2.05, 4.69) is 15.9 Å². The lowest BCUT2D eigenvalue weighted by atomic mass is 10.1. The fourth-order valence-corrected chi connectivity index (χ4v) is 3.01. The SMILES string of the molecule is COc1cc(C)c(COC(=O)CSc2ccc(Br)cc2)cc1OC. The van der Waals surface area contributed by atoms with Gasteiger partial charge >= 0.3 is 5.97 Å². The van der Waals surface area contributed by atoms with Gasteiger partial charge in [-0.05, 0) is 54.4 Å². The number of methoxy groups -OCH3 is 2. The van der Waals surface area contributed by atoms with Gasteiger partial charge in [0.25, 0.3) is 0 Å². The molecule has 0 heterocycles. The number of halogens is 1. The minimum absolute atomic E-state index is 0.214. The standard InChI is InChI=1S/C18H19BrO4S/c1-12-8-16(21-2)17(22-3)9-13(12)10-23-18(20)11-24-15-6-4-14(19)5-7-15/h4-9H,10-11H2,1-3H3. The Kier molecular flexibility index (Phi) is 6.99. The molecule has 24 heavy (non-hydrogen) atoms. The summed E-state index contributed by atoms with van der Waals surface area (Å²) in [4.78, 5) is 13.0. The molecule has 0 aliphatic heterocycles. The molecule has 0 spiro atoms. The zero-order valence-corrected chi connectivity index (χ0v) is 16.2. The highest BCUT2D eigenvalue weighted by atomic mass is 79.9. The summed E-state index contributed by atoms with van der Waals surface area (Å²) in [6, 6.07) is 11.5. The third kappa shape index (κ3) is 5.18. The Morgan fingerprint density at radius 2 is 1.71 bits per heavy atom. The van der Waals surface area contributed by atoms with E-state index >= 15 is 0 Å². The molecule has 2 rings (SSSR count). The van der Waals surface area contributed by atoms with Crippen molar-refractivity contribution in [3.05, 3.63) is 52.0 Å². The molecule has 0 N–H and O–H groups in total. The predicted octanol–water partition coefficient (Wildman–Crippen LogP) is 4.61. The summed E-state index contributed by atoms with van der Waals surface area (Å²) in [6.07, 6.45) is 0. The van der Waals surface area contributed by atoms with Crippen LogP contribution in [0.2, 0.25) is 0 Å². The molecule has 6 heteroatoms. The van der Waals surface area contributed by atoms with E-state index in [1.165, 1.54) is 11.8 Å². The van der Waals surface area contributed by atoms with Crippen LogP contribution in [0, 0.1) is 6.92 Å². The van der Waals surface area contributed by atoms with E-state index in [-0.39, 0.29) is 18.3 Å². The van der Waals surface area contributed by atoms with E-state index in [4.69, 9.17) is 14.2 Å². The van der Waals surface area contributed by atoms with Crippen LogP contribution >= 0.6 is 27.7 Å². The van der Waals surface area contributed by atoms with E-state index in [1.807, 2.05) is 43.3 Å². The van der Waals surface area contributed by atoms with Gasteiger partial charge in [0.15, 0.2) is 11.5 Å². The lowest BCUT2D eigenvalue weighted by Crippen LogP contribution is -2.08. The molecule has 2 aromatic carbocycles. The van der Waals surface area contributed by atoms with Crippen LogP contribution in [0.3, 0.4) is 0 Å². The molecule has 0 fully saturated rings. The molecule has 2 aromatic rings. The van der Waals surface area contributed by atoms with Crippen LogP contribution in [0.4, 0.5) is 0 Å². The number of aryl methyl sites for hydroxylation is 1. The Bertz CT molecular complexity index is 701. The van der Waals surface area contributed by atoms with Crippen molar-refractivity contribution < 1.29 is 19.0 Å². The van der Waals surface area contributed by atoms with Crippen molar-refractivity contribution in [2.45, 2.75) is 18.4 Å². The fourth-order valence-electron chi connectivity index (χ4n) is 2.05. The molecule has 0 aliphatic carbocycles. The number of rotatable bonds is 7. The monoisotopic (exact) mass is 410 g/mol. The van der Waals surface area contributed by atoms with Crippen LogP contribution in [-0.2, 0) is 16.1 Å². The summed E-state index contributed by atoms with van der Waals surface area (Å²) in [5.41, 5.74) is 1.88. The summed E-state index contributed by atoms with van der Waals surface area (Å²) >= 11 is 4.84. The van der Waals surface area contributed by atoms with Gasteiger partial charge in [-0.2, -0.15) is 0 Å². The summed E-state index contributed by atoms with van der Waals surface area (Å²) in [5.74, 6) is 1.31. The molecule has 0 amide bonds. The van der Waals surface area contributed by atoms with Gasteiger partial charge in [0.2, 0.25) is 0 Å². The number of esters is 1. The van der Waals surface area contributed by atoms with Gasteiger partial charge in [-0.25, -0.2) is 0 Å². The van der Waals surface area contributed by atoms with Gasteiger partial charge in [0, 0.05) is 9.37 Å². The van der Waals surface area contributed by atoms with Gasteiger partial charge in [-0.3, -0.25) is 4.79 Å². The summed E-state index contributed by atoms with van der Waals surface area (Å²) < 4.78 is 16.9. The van der Waals surface area contributed by atoms with E-state index in [0.29, 0.717) is 11.5 Å². The van der Waals surface area contributed by atoms with Gasteiger partial charge < -0.3 is 14.2 Å². The maximum absolute atomic E-state index is 11.9. The maximum atomic E-state index is 11.9. The molecule has 0 bridgehead atoms. The number of hydrogen-bond acceptors (Lipinski definition) is 5. The topological polar surface area (TPSA) is 44.8 Å². The van der Waals surface area contributed by atoms with E-state index in [0.717, 1.165) is 20.5 Å². The van der Waals surface area contributed by atoms with E-state index < -0.39 is 0 Å². The smallest absolute Gasteiger partial charge is 0.316 e. The molecule has 0 atom stereocenters. The molecule has 0 aromatic heterocycles. The highest BCUT2D eigenvalue weighted by molar-refractivity contribution is 9.10. The molecule has 128 valence electrons. The Balaban J connectivity index is 1.90. The van der Waals surface area contributed by atoms with Crippen molar-refractivity contribution in [3.63, 3.8) is 0 Å². The van der Waals surface area contributed by atoms with E-state index in [1.54, 1.807) is 14.2 Å². The second-order valence-corrected chi connectivity index (χ2v) is 7.00. The molecule has 0 unspecified atom stereocenters. The van der Waals surface area contributed by atoms with Crippen molar-refractivity contribution >= 4 is 33.7 Å². The normalized spacial score (nSPS) is 10.3. The zero-order valence-electron chi connectivity index (χ0n) is 13.8. The second-order valence-electron chi connectivity index (χ2n) is 5.04. The second kappa shape index (κ2) is 8.99. The minimum atomic E-state index is -0.253. The first-order valence-corrected chi connectivity index (χ1v) is 9.07. The summed E-state index contributed by atoms with van der Waals surface area (Å²) in [7, 11) is 3.17. The van der Waals surface area contributed by atoms with Gasteiger partial charge in [0.1, 0.15) is 6.61 Å². The minimum Gasteiger partial charge on any atom is -0.493 e. The van der Waals surface area contributed by atoms with Crippen LogP contribution in [0.5, 0.6) is 11.5 Å². The number of ether oxygens (including phenoxy) is 3. The number of benzene rings is 2. The fraction of sp³-hybridized carbons (Fsp3) is 0.278.